The van der Waals surface area contributed by atoms with Crippen LogP contribution in [-0.2, 0) is 17.8 Å². The van der Waals surface area contributed by atoms with Gasteiger partial charge in [-0.3, -0.25) is 14.2 Å². The number of aryl methyl sites for hydroxylation is 2. The number of carbonyl (C=O) groups is 1. The first-order valence-corrected chi connectivity index (χ1v) is 7.29. The highest BCUT2D eigenvalue weighted by Gasteiger charge is 2.14. The molecule has 0 unspecified atom stereocenters. The number of carbonyl (C=O) groups excluding carboxylic acids is 1. The summed E-state index contributed by atoms with van der Waals surface area (Å²) < 4.78 is 6.19. The van der Waals surface area contributed by atoms with Crippen molar-refractivity contribution in [3.8, 4) is 0 Å². The number of hydrogen-bond acceptors (Lipinski definition) is 5. The fraction of sp³-hybridized carbons (Fsp3) is 0.250. The van der Waals surface area contributed by atoms with Gasteiger partial charge in [-0.15, -0.1) is 0 Å². The Balaban J connectivity index is 1.84. The number of anilines is 1. The van der Waals surface area contributed by atoms with Gasteiger partial charge in [-0.2, -0.15) is 0 Å². The van der Waals surface area contributed by atoms with Crippen molar-refractivity contribution < 1.29 is 9.32 Å². The SMILES string of the molecule is CCc1ccccc1NC(=O)Cn1cnc2onc(C)c2c1=O. The molecular weight excluding hydrogens is 296 g/mol. The minimum Gasteiger partial charge on any atom is -0.335 e. The van der Waals surface area contributed by atoms with E-state index in [2.05, 4.69) is 15.5 Å². The van der Waals surface area contributed by atoms with Crippen molar-refractivity contribution in [2.24, 2.45) is 0 Å². The molecule has 3 aromatic rings. The van der Waals surface area contributed by atoms with Gasteiger partial charge in [0, 0.05) is 5.69 Å². The molecule has 2 heterocycles. The van der Waals surface area contributed by atoms with Gasteiger partial charge in [0.25, 0.3) is 11.3 Å². The lowest BCUT2D eigenvalue weighted by molar-refractivity contribution is -0.116. The van der Waals surface area contributed by atoms with E-state index in [1.165, 1.54) is 10.9 Å². The number of rotatable bonds is 4. The number of para-hydroxylation sites is 1. The van der Waals surface area contributed by atoms with E-state index in [-0.39, 0.29) is 23.7 Å². The molecular formula is C16H16N4O3. The van der Waals surface area contributed by atoms with Crippen LogP contribution >= 0.6 is 0 Å². The minimum atomic E-state index is -0.340. The maximum atomic E-state index is 12.4. The Morgan fingerprint density at radius 2 is 2.13 bits per heavy atom. The Bertz CT molecular complexity index is 926. The van der Waals surface area contributed by atoms with Crippen LogP contribution in [0.15, 0.2) is 39.9 Å². The number of amides is 1. The van der Waals surface area contributed by atoms with Gasteiger partial charge in [0.1, 0.15) is 18.3 Å². The Morgan fingerprint density at radius 1 is 1.35 bits per heavy atom. The summed E-state index contributed by atoms with van der Waals surface area (Å²) in [5.41, 5.74) is 2.09. The second-order valence-corrected chi connectivity index (χ2v) is 5.18. The maximum absolute atomic E-state index is 12.4. The standard InChI is InChI=1S/C16H16N4O3/c1-3-11-6-4-5-7-12(11)18-13(21)8-20-9-17-15-14(16(20)22)10(2)19-23-15/h4-7,9H,3,8H2,1-2H3,(H,18,21). The highest BCUT2D eigenvalue weighted by atomic mass is 16.5. The van der Waals surface area contributed by atoms with Crippen molar-refractivity contribution in [2.45, 2.75) is 26.8 Å². The van der Waals surface area contributed by atoms with Crippen molar-refractivity contribution in [2.75, 3.05) is 5.32 Å². The Kier molecular flexibility index (Phi) is 3.92. The van der Waals surface area contributed by atoms with E-state index in [4.69, 9.17) is 4.52 Å². The molecule has 1 N–H and O–H groups in total. The largest absolute Gasteiger partial charge is 0.335 e. The summed E-state index contributed by atoms with van der Waals surface area (Å²) in [7, 11) is 0. The third kappa shape index (κ3) is 2.85. The predicted octanol–water partition coefficient (Wildman–Crippen LogP) is 1.89. The molecule has 0 aliphatic heterocycles. The molecule has 2 aromatic heterocycles. The molecule has 0 saturated heterocycles. The first-order chi connectivity index (χ1) is 11.1. The summed E-state index contributed by atoms with van der Waals surface area (Å²) in [5, 5.41) is 6.84. The molecule has 1 amide bonds. The number of nitrogens with zero attached hydrogens (tertiary/aromatic N) is 3. The van der Waals surface area contributed by atoms with Crippen LogP contribution in [0, 0.1) is 6.92 Å². The first kappa shape index (κ1) is 15.0. The smallest absolute Gasteiger partial charge is 0.267 e. The molecule has 0 radical (unpaired) electrons. The molecule has 23 heavy (non-hydrogen) atoms. The summed E-state index contributed by atoms with van der Waals surface area (Å²) in [5.74, 6) is -0.289. The van der Waals surface area contributed by atoms with Gasteiger partial charge in [-0.05, 0) is 25.0 Å². The lowest BCUT2D eigenvalue weighted by Crippen LogP contribution is -2.28. The molecule has 0 spiro atoms. The molecule has 7 heteroatoms. The summed E-state index contributed by atoms with van der Waals surface area (Å²) in [6.07, 6.45) is 2.10. The Morgan fingerprint density at radius 3 is 2.91 bits per heavy atom. The highest BCUT2D eigenvalue weighted by Crippen LogP contribution is 2.15. The van der Waals surface area contributed by atoms with Crippen LogP contribution in [0.4, 0.5) is 5.69 Å². The van der Waals surface area contributed by atoms with Crippen molar-refractivity contribution >= 4 is 22.7 Å². The molecule has 7 nitrogen and oxygen atoms in total. The molecule has 0 bridgehead atoms. The van der Waals surface area contributed by atoms with E-state index < -0.39 is 0 Å². The number of hydrogen-bond donors (Lipinski definition) is 1. The number of fused-ring (bicyclic) bond motifs is 1. The van der Waals surface area contributed by atoms with E-state index in [1.54, 1.807) is 6.92 Å². The van der Waals surface area contributed by atoms with Gasteiger partial charge in [0.05, 0.1) is 5.69 Å². The van der Waals surface area contributed by atoms with Crippen LogP contribution in [0.2, 0.25) is 0 Å². The molecule has 3 rings (SSSR count). The first-order valence-electron chi connectivity index (χ1n) is 7.29. The average Bonchev–Trinajstić information content (AvgIpc) is 2.92. The molecule has 0 aliphatic carbocycles. The second kappa shape index (κ2) is 6.04. The van der Waals surface area contributed by atoms with Gasteiger partial charge >= 0.3 is 0 Å². The van der Waals surface area contributed by atoms with Gasteiger partial charge in [0.2, 0.25) is 5.91 Å². The predicted molar refractivity (Wildman–Crippen MR) is 85.3 cm³/mol. The summed E-state index contributed by atoms with van der Waals surface area (Å²) in [4.78, 5) is 28.6. The third-order valence-electron chi connectivity index (χ3n) is 3.62. The van der Waals surface area contributed by atoms with Gasteiger partial charge in [-0.25, -0.2) is 4.98 Å². The Labute approximate surface area is 131 Å². The van der Waals surface area contributed by atoms with Crippen molar-refractivity contribution in [3.05, 3.63) is 52.2 Å². The van der Waals surface area contributed by atoms with Crippen molar-refractivity contribution in [1.82, 2.24) is 14.7 Å². The van der Waals surface area contributed by atoms with Gasteiger partial charge in [-0.1, -0.05) is 30.3 Å². The lowest BCUT2D eigenvalue weighted by Gasteiger charge is -2.10. The molecule has 0 saturated carbocycles. The third-order valence-corrected chi connectivity index (χ3v) is 3.62. The second-order valence-electron chi connectivity index (χ2n) is 5.18. The van der Waals surface area contributed by atoms with Crippen LogP contribution in [0.1, 0.15) is 18.2 Å². The zero-order valence-electron chi connectivity index (χ0n) is 12.9. The van der Waals surface area contributed by atoms with E-state index in [0.717, 1.165) is 17.7 Å². The maximum Gasteiger partial charge on any atom is 0.267 e. The zero-order chi connectivity index (χ0) is 16.4. The molecule has 1 aromatic carbocycles. The normalized spacial score (nSPS) is 10.9. The molecule has 0 aliphatic rings. The number of aromatic nitrogens is 3. The summed E-state index contributed by atoms with van der Waals surface area (Å²) in [6.45, 7) is 3.56. The molecule has 118 valence electrons. The fourth-order valence-corrected chi connectivity index (χ4v) is 2.42. The van der Waals surface area contributed by atoms with Gasteiger partial charge in [0.15, 0.2) is 0 Å². The average molecular weight is 312 g/mol. The zero-order valence-corrected chi connectivity index (χ0v) is 12.9. The van der Waals surface area contributed by atoms with Crippen LogP contribution < -0.4 is 10.9 Å². The summed E-state index contributed by atoms with van der Waals surface area (Å²) in [6, 6.07) is 7.57. The van der Waals surface area contributed by atoms with E-state index >= 15 is 0 Å². The molecule has 0 atom stereocenters. The van der Waals surface area contributed by atoms with E-state index in [9.17, 15) is 9.59 Å². The Hall–Kier alpha value is -2.96. The van der Waals surface area contributed by atoms with E-state index in [0.29, 0.717) is 11.1 Å². The fourth-order valence-electron chi connectivity index (χ4n) is 2.42. The van der Waals surface area contributed by atoms with Crippen molar-refractivity contribution in [1.29, 1.82) is 0 Å². The van der Waals surface area contributed by atoms with E-state index in [1.807, 2.05) is 31.2 Å². The van der Waals surface area contributed by atoms with Crippen LogP contribution in [0.25, 0.3) is 11.1 Å². The van der Waals surface area contributed by atoms with Crippen LogP contribution in [-0.4, -0.2) is 20.6 Å². The topological polar surface area (TPSA) is 90.0 Å². The van der Waals surface area contributed by atoms with Crippen LogP contribution in [0.5, 0.6) is 0 Å². The van der Waals surface area contributed by atoms with Gasteiger partial charge < -0.3 is 9.84 Å². The molecule has 0 fully saturated rings. The quantitative estimate of drug-likeness (QED) is 0.794. The summed E-state index contributed by atoms with van der Waals surface area (Å²) >= 11 is 0. The highest BCUT2D eigenvalue weighted by molar-refractivity contribution is 5.91. The number of benzene rings is 1. The minimum absolute atomic E-state index is 0.121. The monoisotopic (exact) mass is 312 g/mol. The number of nitrogens with one attached hydrogen (secondary N) is 1. The lowest BCUT2D eigenvalue weighted by atomic mass is 10.1. The van der Waals surface area contributed by atoms with Crippen LogP contribution in [0.3, 0.4) is 0 Å². The van der Waals surface area contributed by atoms with Crippen molar-refractivity contribution in [3.63, 3.8) is 0 Å².